The number of H-pyrrole nitrogens is 1. The average Bonchev–Trinajstić information content (AvgIpc) is 3.18. The molecule has 0 bridgehead atoms. The van der Waals surface area contributed by atoms with Crippen molar-refractivity contribution in [3.63, 3.8) is 0 Å². The molecule has 1 aliphatic rings. The molecule has 3 aromatic rings. The van der Waals surface area contributed by atoms with Gasteiger partial charge in [0, 0.05) is 12.0 Å². The van der Waals surface area contributed by atoms with Gasteiger partial charge in [-0.15, -0.1) is 0 Å². The third-order valence-corrected chi connectivity index (χ3v) is 6.24. The summed E-state index contributed by atoms with van der Waals surface area (Å²) in [6, 6.07) is 13.8. The van der Waals surface area contributed by atoms with Crippen LogP contribution in [0.1, 0.15) is 68.9 Å². The average molecular weight is 452 g/mol. The highest BCUT2D eigenvalue weighted by atomic mass is 16.5. The van der Waals surface area contributed by atoms with Crippen molar-refractivity contribution in [3.8, 4) is 28.7 Å². The molecule has 4 rings (SSSR count). The van der Waals surface area contributed by atoms with Gasteiger partial charge in [0.05, 0.1) is 13.2 Å². The van der Waals surface area contributed by atoms with Crippen LogP contribution in [0.25, 0.3) is 11.3 Å². The highest BCUT2D eigenvalue weighted by Crippen LogP contribution is 2.35. The lowest BCUT2D eigenvalue weighted by atomic mass is 9.83. The Morgan fingerprint density at radius 1 is 1.03 bits per heavy atom. The molecule has 0 amide bonds. The Balaban J connectivity index is 1.26. The fraction of sp³-hybridized carbons (Fsp3) is 0.444. The van der Waals surface area contributed by atoms with Crippen LogP contribution in [0.15, 0.2) is 51.7 Å². The van der Waals surface area contributed by atoms with E-state index in [1.54, 1.807) is 24.3 Å². The van der Waals surface area contributed by atoms with E-state index >= 15 is 0 Å². The third-order valence-electron chi connectivity index (χ3n) is 6.24. The van der Waals surface area contributed by atoms with Gasteiger partial charge in [-0.05, 0) is 66.6 Å². The fourth-order valence-corrected chi connectivity index (χ4v) is 4.54. The molecule has 2 N–H and O–H groups in total. The van der Waals surface area contributed by atoms with Gasteiger partial charge in [0.15, 0.2) is 5.76 Å². The molecule has 33 heavy (non-hydrogen) atoms. The van der Waals surface area contributed by atoms with Crippen LogP contribution in [-0.2, 0) is 6.42 Å². The summed E-state index contributed by atoms with van der Waals surface area (Å²) in [4.78, 5) is 13.4. The highest BCUT2D eigenvalue weighted by molar-refractivity contribution is 5.62. The van der Waals surface area contributed by atoms with Crippen molar-refractivity contribution < 1.29 is 19.0 Å². The van der Waals surface area contributed by atoms with Crippen LogP contribution < -0.4 is 15.2 Å². The quantitative estimate of drug-likeness (QED) is 0.359. The lowest BCUT2D eigenvalue weighted by Gasteiger charge is -2.23. The van der Waals surface area contributed by atoms with Crippen molar-refractivity contribution in [2.24, 2.45) is 0 Å². The van der Waals surface area contributed by atoms with Crippen LogP contribution >= 0.6 is 0 Å². The summed E-state index contributed by atoms with van der Waals surface area (Å²) in [5.74, 6) is 1.57. The normalized spacial score (nSPS) is 14.3. The number of oxazole rings is 1. The van der Waals surface area contributed by atoms with Gasteiger partial charge in [-0.1, -0.05) is 44.7 Å². The predicted octanol–water partition coefficient (Wildman–Crippen LogP) is 6.19. The van der Waals surface area contributed by atoms with Gasteiger partial charge in [0.25, 0.3) is 0 Å². The number of rotatable bonds is 10. The van der Waals surface area contributed by atoms with Crippen molar-refractivity contribution in [2.75, 3.05) is 13.2 Å². The Bertz CT molecular complexity index is 1080. The van der Waals surface area contributed by atoms with Crippen molar-refractivity contribution in [1.29, 1.82) is 0 Å². The minimum absolute atomic E-state index is 0.123. The smallest absolute Gasteiger partial charge is 0.419 e. The third kappa shape index (κ3) is 6.01. The molecule has 1 aromatic heterocycles. The van der Waals surface area contributed by atoms with Crippen LogP contribution in [0.5, 0.6) is 17.4 Å². The molecule has 1 fully saturated rings. The summed E-state index contributed by atoms with van der Waals surface area (Å²) in [5, 5.41) is 9.69. The Morgan fingerprint density at radius 3 is 2.48 bits per heavy atom. The zero-order valence-corrected chi connectivity index (χ0v) is 19.3. The zero-order chi connectivity index (χ0) is 23.0. The highest BCUT2D eigenvalue weighted by Gasteiger charge is 2.17. The van der Waals surface area contributed by atoms with E-state index in [1.165, 1.54) is 43.2 Å². The number of benzene rings is 2. The minimum atomic E-state index is -0.687. The Hall–Kier alpha value is -3.15. The van der Waals surface area contributed by atoms with Crippen molar-refractivity contribution in [3.05, 3.63) is 64.1 Å². The maximum Gasteiger partial charge on any atom is 0.419 e. The van der Waals surface area contributed by atoms with Gasteiger partial charge < -0.3 is 19.0 Å². The monoisotopic (exact) mass is 451 g/mol. The molecule has 176 valence electrons. The summed E-state index contributed by atoms with van der Waals surface area (Å²) in [5.41, 5.74) is 3.39. The number of ether oxygens (including phenoxy) is 2. The standard InChI is InChI=1S/C27H33NO5/c1-2-7-22-18-21(19-8-4-3-5-9-19)12-15-24(22)32-17-6-16-31-23-13-10-20(11-14-23)25-26(29)28-27(30)33-25/h10-15,18-19,29H,2-9,16-17H2,1H3,(H,28,30). The molecule has 0 aliphatic heterocycles. The van der Waals surface area contributed by atoms with Crippen LogP contribution in [0.4, 0.5) is 0 Å². The van der Waals surface area contributed by atoms with Crippen LogP contribution in [-0.4, -0.2) is 23.3 Å². The largest absolute Gasteiger partial charge is 0.493 e. The van der Waals surface area contributed by atoms with Gasteiger partial charge >= 0.3 is 5.76 Å². The number of aryl methyl sites for hydroxylation is 1. The van der Waals surface area contributed by atoms with Crippen molar-refractivity contribution in [2.45, 2.75) is 64.2 Å². The first-order valence-electron chi connectivity index (χ1n) is 12.0. The fourth-order valence-electron chi connectivity index (χ4n) is 4.54. The Labute approximate surface area is 194 Å². The molecule has 0 unspecified atom stereocenters. The van der Waals surface area contributed by atoms with Crippen molar-refractivity contribution in [1.82, 2.24) is 4.98 Å². The number of aromatic nitrogens is 1. The maximum atomic E-state index is 11.2. The number of aromatic hydroxyl groups is 1. The van der Waals surface area contributed by atoms with Gasteiger partial charge in [0.1, 0.15) is 11.5 Å². The molecule has 1 saturated carbocycles. The van der Waals surface area contributed by atoms with E-state index in [9.17, 15) is 9.90 Å². The summed E-state index contributed by atoms with van der Waals surface area (Å²) in [6.45, 7) is 3.34. The van der Waals surface area contributed by atoms with Crippen molar-refractivity contribution >= 4 is 0 Å². The number of nitrogens with one attached hydrogen (secondary N) is 1. The van der Waals surface area contributed by atoms with E-state index in [2.05, 4.69) is 30.1 Å². The summed E-state index contributed by atoms with van der Waals surface area (Å²) in [7, 11) is 0. The van der Waals surface area contributed by atoms with Crippen LogP contribution in [0, 0.1) is 0 Å². The second kappa shape index (κ2) is 11.1. The number of hydrogen-bond donors (Lipinski definition) is 2. The van der Waals surface area contributed by atoms with E-state index < -0.39 is 5.76 Å². The summed E-state index contributed by atoms with van der Waals surface area (Å²) >= 11 is 0. The molecule has 0 radical (unpaired) electrons. The first-order chi connectivity index (χ1) is 16.1. The van der Waals surface area contributed by atoms with E-state index in [-0.39, 0.29) is 11.6 Å². The predicted molar refractivity (Wildman–Crippen MR) is 128 cm³/mol. The van der Waals surface area contributed by atoms with Gasteiger partial charge in [-0.2, -0.15) is 0 Å². The zero-order valence-electron chi connectivity index (χ0n) is 19.3. The maximum absolute atomic E-state index is 11.2. The summed E-state index contributed by atoms with van der Waals surface area (Å²) in [6.07, 6.45) is 9.60. The van der Waals surface area contributed by atoms with E-state index in [0.717, 1.165) is 25.0 Å². The van der Waals surface area contributed by atoms with Crippen LogP contribution in [0.3, 0.4) is 0 Å². The topological polar surface area (TPSA) is 84.7 Å². The molecular weight excluding hydrogens is 418 g/mol. The second-order valence-electron chi connectivity index (χ2n) is 8.72. The molecule has 0 spiro atoms. The molecular formula is C27H33NO5. The Morgan fingerprint density at radius 2 is 1.79 bits per heavy atom. The van der Waals surface area contributed by atoms with E-state index in [1.807, 2.05) is 0 Å². The Kier molecular flexibility index (Phi) is 7.76. The van der Waals surface area contributed by atoms with E-state index in [0.29, 0.717) is 30.4 Å². The number of hydrogen-bond acceptors (Lipinski definition) is 5. The molecule has 0 atom stereocenters. The first kappa shape index (κ1) is 23.0. The SMILES string of the molecule is CCCc1cc(C2CCCCC2)ccc1OCCCOc1ccc(-c2oc(=O)[nH]c2O)cc1. The molecule has 6 nitrogen and oxygen atoms in total. The minimum Gasteiger partial charge on any atom is -0.493 e. The molecule has 1 heterocycles. The first-order valence-corrected chi connectivity index (χ1v) is 12.0. The molecule has 0 saturated heterocycles. The molecule has 2 aromatic carbocycles. The second-order valence-corrected chi connectivity index (χ2v) is 8.72. The van der Waals surface area contributed by atoms with Gasteiger partial charge in [0.2, 0.25) is 5.88 Å². The molecule has 1 aliphatic carbocycles. The van der Waals surface area contributed by atoms with Gasteiger partial charge in [-0.3, -0.25) is 4.98 Å². The lowest BCUT2D eigenvalue weighted by molar-refractivity contribution is 0.246. The summed E-state index contributed by atoms with van der Waals surface area (Å²) < 4.78 is 16.9. The van der Waals surface area contributed by atoms with Gasteiger partial charge in [-0.25, -0.2) is 4.79 Å². The molecule has 6 heteroatoms. The lowest BCUT2D eigenvalue weighted by Crippen LogP contribution is -2.08. The van der Waals surface area contributed by atoms with E-state index in [4.69, 9.17) is 13.9 Å². The van der Waals surface area contributed by atoms with Crippen LogP contribution in [0.2, 0.25) is 0 Å². The number of aromatic amines is 1.